The summed E-state index contributed by atoms with van der Waals surface area (Å²) in [7, 11) is 0. The molecule has 0 saturated carbocycles. The molecule has 4 heteroatoms. The van der Waals surface area contributed by atoms with Crippen molar-refractivity contribution in [2.24, 2.45) is 0 Å². The molecule has 2 unspecified atom stereocenters. The third-order valence-electron chi connectivity index (χ3n) is 4.13. The summed E-state index contributed by atoms with van der Waals surface area (Å²) in [4.78, 5) is 12.5. The Bertz CT molecular complexity index is 686. The van der Waals surface area contributed by atoms with Crippen molar-refractivity contribution in [2.45, 2.75) is 32.0 Å². The van der Waals surface area contributed by atoms with E-state index in [4.69, 9.17) is 0 Å². The lowest BCUT2D eigenvalue weighted by Gasteiger charge is -2.27. The van der Waals surface area contributed by atoms with Crippen molar-refractivity contribution in [3.05, 3.63) is 69.7 Å². The van der Waals surface area contributed by atoms with Crippen LogP contribution in [-0.2, 0) is 17.8 Å². The van der Waals surface area contributed by atoms with Gasteiger partial charge >= 0.3 is 0 Å². The van der Waals surface area contributed by atoms with Crippen molar-refractivity contribution in [1.82, 2.24) is 10.6 Å². The number of nitrogens with one attached hydrogen (secondary N) is 2. The average molecular weight is 359 g/mol. The number of carbonyl (C=O) groups excluding carboxylic acids is 1. The van der Waals surface area contributed by atoms with E-state index < -0.39 is 0 Å². The van der Waals surface area contributed by atoms with Crippen LogP contribution in [0.1, 0.15) is 29.7 Å². The largest absolute Gasteiger partial charge is 0.348 e. The highest BCUT2D eigenvalue weighted by Crippen LogP contribution is 2.23. The number of benzene rings is 2. The average Bonchev–Trinajstić information content (AvgIpc) is 2.54. The lowest BCUT2D eigenvalue weighted by molar-refractivity contribution is -0.124. The van der Waals surface area contributed by atoms with Gasteiger partial charge in [-0.15, -0.1) is 0 Å². The number of amides is 1. The molecular weight excluding hydrogens is 340 g/mol. The molecule has 0 radical (unpaired) electrons. The summed E-state index contributed by atoms with van der Waals surface area (Å²) in [5.74, 6) is 0.0535. The molecule has 2 aromatic rings. The number of hydrogen-bond acceptors (Lipinski definition) is 2. The Morgan fingerprint density at radius 2 is 1.86 bits per heavy atom. The van der Waals surface area contributed by atoms with Gasteiger partial charge in [0, 0.05) is 11.0 Å². The molecule has 0 aliphatic carbocycles. The third kappa shape index (κ3) is 3.23. The van der Waals surface area contributed by atoms with Gasteiger partial charge in [-0.25, -0.2) is 0 Å². The predicted octanol–water partition coefficient (Wildman–Crippen LogP) is 3.34. The summed E-state index contributed by atoms with van der Waals surface area (Å²) in [6, 6.07) is 16.1. The summed E-state index contributed by atoms with van der Waals surface area (Å²) in [5.41, 5.74) is 3.63. The second-order valence-corrected chi connectivity index (χ2v) is 6.51. The fraction of sp³-hybridized carbons (Fsp3) is 0.278. The Hall–Kier alpha value is -1.65. The smallest absolute Gasteiger partial charge is 0.237 e. The minimum atomic E-state index is -0.167. The molecule has 0 fully saturated rings. The molecule has 2 aromatic carbocycles. The van der Waals surface area contributed by atoms with Gasteiger partial charge < -0.3 is 10.6 Å². The molecule has 3 rings (SSSR count). The molecule has 2 N–H and O–H groups in total. The highest BCUT2D eigenvalue weighted by atomic mass is 79.9. The maximum absolute atomic E-state index is 12.5. The van der Waals surface area contributed by atoms with Gasteiger partial charge in [0.05, 0.1) is 12.1 Å². The summed E-state index contributed by atoms with van der Waals surface area (Å²) in [6.45, 7) is 2.76. The van der Waals surface area contributed by atoms with Crippen LogP contribution in [0.4, 0.5) is 0 Å². The van der Waals surface area contributed by atoms with Crippen LogP contribution >= 0.6 is 15.9 Å². The van der Waals surface area contributed by atoms with Crippen molar-refractivity contribution in [3.63, 3.8) is 0 Å². The van der Waals surface area contributed by atoms with Gasteiger partial charge in [0.15, 0.2) is 0 Å². The first kappa shape index (κ1) is 15.3. The molecule has 0 saturated heterocycles. The maximum atomic E-state index is 12.5. The van der Waals surface area contributed by atoms with Gasteiger partial charge in [-0.1, -0.05) is 58.4 Å². The van der Waals surface area contributed by atoms with Gasteiger partial charge in [0.25, 0.3) is 0 Å². The van der Waals surface area contributed by atoms with E-state index >= 15 is 0 Å². The molecule has 2 atom stereocenters. The zero-order chi connectivity index (χ0) is 15.5. The molecule has 0 aromatic heterocycles. The minimum Gasteiger partial charge on any atom is -0.348 e. The van der Waals surface area contributed by atoms with Gasteiger partial charge in [-0.2, -0.15) is 0 Å². The van der Waals surface area contributed by atoms with Gasteiger partial charge in [-0.05, 0) is 36.1 Å². The Labute approximate surface area is 139 Å². The van der Waals surface area contributed by atoms with Crippen molar-refractivity contribution >= 4 is 21.8 Å². The summed E-state index contributed by atoms with van der Waals surface area (Å²) < 4.78 is 1.02. The van der Waals surface area contributed by atoms with Crippen LogP contribution in [0.3, 0.4) is 0 Å². The molecule has 1 amide bonds. The summed E-state index contributed by atoms with van der Waals surface area (Å²) in [5, 5.41) is 6.43. The number of carbonyl (C=O) groups is 1. The van der Waals surface area contributed by atoms with Crippen molar-refractivity contribution in [3.8, 4) is 0 Å². The highest BCUT2D eigenvalue weighted by molar-refractivity contribution is 9.10. The molecule has 114 valence electrons. The van der Waals surface area contributed by atoms with E-state index in [1.54, 1.807) is 0 Å². The Kier molecular flexibility index (Phi) is 4.60. The summed E-state index contributed by atoms with van der Waals surface area (Å²) >= 11 is 3.54. The normalized spacial score (nSPS) is 18.4. The van der Waals surface area contributed by atoms with Crippen molar-refractivity contribution in [2.75, 3.05) is 0 Å². The van der Waals surface area contributed by atoms with E-state index in [0.717, 1.165) is 23.0 Å². The fourth-order valence-electron chi connectivity index (χ4n) is 2.86. The molecule has 22 heavy (non-hydrogen) atoms. The fourth-order valence-corrected chi connectivity index (χ4v) is 3.49. The van der Waals surface area contributed by atoms with E-state index in [-0.39, 0.29) is 18.0 Å². The minimum absolute atomic E-state index is 0.0259. The van der Waals surface area contributed by atoms with Crippen LogP contribution in [0.25, 0.3) is 0 Å². The molecule has 0 bridgehead atoms. The van der Waals surface area contributed by atoms with Gasteiger partial charge in [0.2, 0.25) is 5.91 Å². The van der Waals surface area contributed by atoms with Crippen molar-refractivity contribution < 1.29 is 4.79 Å². The van der Waals surface area contributed by atoms with E-state index in [2.05, 4.69) is 38.7 Å². The molecule has 3 nitrogen and oxygen atoms in total. The topological polar surface area (TPSA) is 41.1 Å². The number of hydrogen-bond donors (Lipinski definition) is 2. The second-order valence-electron chi connectivity index (χ2n) is 5.66. The molecular formula is C18H19BrN2O. The Morgan fingerprint density at radius 1 is 1.18 bits per heavy atom. The Morgan fingerprint density at radius 3 is 2.64 bits per heavy atom. The summed E-state index contributed by atoms with van der Waals surface area (Å²) in [6.07, 6.45) is 0.741. The van der Waals surface area contributed by atoms with E-state index in [9.17, 15) is 4.79 Å². The zero-order valence-electron chi connectivity index (χ0n) is 12.5. The number of halogens is 1. The first-order valence-electron chi connectivity index (χ1n) is 7.50. The first-order valence-corrected chi connectivity index (χ1v) is 8.29. The van der Waals surface area contributed by atoms with Crippen molar-refractivity contribution in [1.29, 1.82) is 0 Å². The Balaban J connectivity index is 1.67. The monoisotopic (exact) mass is 358 g/mol. The quantitative estimate of drug-likeness (QED) is 0.883. The van der Waals surface area contributed by atoms with Crippen LogP contribution in [0.2, 0.25) is 0 Å². The van der Waals surface area contributed by atoms with E-state index in [1.807, 2.05) is 43.3 Å². The van der Waals surface area contributed by atoms with Crippen LogP contribution in [0, 0.1) is 0 Å². The second kappa shape index (κ2) is 6.63. The zero-order valence-corrected chi connectivity index (χ0v) is 14.1. The SMILES string of the molecule is CC(NC(=O)C1Cc2ccccc2CN1)c1ccccc1Br. The lowest BCUT2D eigenvalue weighted by atomic mass is 9.95. The number of fused-ring (bicyclic) bond motifs is 1. The molecule has 1 aliphatic heterocycles. The molecule has 1 heterocycles. The van der Waals surface area contributed by atoms with Gasteiger partial charge in [-0.3, -0.25) is 4.79 Å². The van der Waals surface area contributed by atoms with Crippen LogP contribution in [0.5, 0.6) is 0 Å². The predicted molar refractivity (Wildman–Crippen MR) is 91.5 cm³/mol. The van der Waals surface area contributed by atoms with Crippen LogP contribution in [0.15, 0.2) is 53.0 Å². The lowest BCUT2D eigenvalue weighted by Crippen LogP contribution is -2.48. The first-order chi connectivity index (χ1) is 10.6. The number of rotatable bonds is 3. The van der Waals surface area contributed by atoms with E-state index in [0.29, 0.717) is 0 Å². The standard InChI is InChI=1S/C18H19BrN2O/c1-12(15-8-4-5-9-16(15)19)21-18(22)17-10-13-6-2-3-7-14(13)11-20-17/h2-9,12,17,20H,10-11H2,1H3,(H,21,22). The van der Waals surface area contributed by atoms with Gasteiger partial charge in [0.1, 0.15) is 0 Å². The third-order valence-corrected chi connectivity index (χ3v) is 4.85. The van der Waals surface area contributed by atoms with Crippen LogP contribution in [-0.4, -0.2) is 11.9 Å². The molecule has 0 spiro atoms. The van der Waals surface area contributed by atoms with Crippen LogP contribution < -0.4 is 10.6 Å². The van der Waals surface area contributed by atoms with E-state index in [1.165, 1.54) is 11.1 Å². The molecule has 1 aliphatic rings. The highest BCUT2D eigenvalue weighted by Gasteiger charge is 2.25. The maximum Gasteiger partial charge on any atom is 0.237 e.